The molecule has 0 saturated heterocycles. The second-order valence-electron chi connectivity index (χ2n) is 6.05. The minimum Gasteiger partial charge on any atom is -0.350 e. The van der Waals surface area contributed by atoms with Crippen LogP contribution < -0.4 is 5.32 Å². The maximum atomic E-state index is 13.1. The molecule has 128 valence electrons. The third kappa shape index (κ3) is 3.05. The van der Waals surface area contributed by atoms with E-state index in [1.54, 1.807) is 6.92 Å². The number of carbonyl (C=O) groups excluding carboxylic acids is 2. The van der Waals surface area contributed by atoms with E-state index in [2.05, 4.69) is 5.32 Å². The highest BCUT2D eigenvalue weighted by molar-refractivity contribution is 6.36. The number of anilines is 1. The summed E-state index contributed by atoms with van der Waals surface area (Å²) in [6.07, 6.45) is 0. The highest BCUT2D eigenvalue weighted by Gasteiger charge is 2.38. The molecule has 0 unspecified atom stereocenters. The van der Waals surface area contributed by atoms with Gasteiger partial charge in [-0.15, -0.1) is 0 Å². The number of nitrogens with zero attached hydrogens (tertiary/aromatic N) is 1. The van der Waals surface area contributed by atoms with Crippen LogP contribution in [0.2, 0.25) is 0 Å². The van der Waals surface area contributed by atoms with Gasteiger partial charge in [-0.1, -0.05) is 23.8 Å². The van der Waals surface area contributed by atoms with Gasteiger partial charge in [-0.3, -0.25) is 14.5 Å². The van der Waals surface area contributed by atoms with E-state index in [1.165, 1.54) is 29.2 Å². The monoisotopic (exact) mass is 338 g/mol. The van der Waals surface area contributed by atoms with E-state index in [0.29, 0.717) is 17.8 Å². The van der Waals surface area contributed by atoms with Crippen molar-refractivity contribution in [2.75, 3.05) is 11.9 Å². The molecule has 2 amide bonds. The Hall–Kier alpha value is -2.95. The average molecular weight is 338 g/mol. The van der Waals surface area contributed by atoms with Crippen LogP contribution in [0.15, 0.2) is 48.2 Å². The van der Waals surface area contributed by atoms with Crippen molar-refractivity contribution < 1.29 is 14.0 Å². The van der Waals surface area contributed by atoms with Crippen LogP contribution in [0.25, 0.3) is 5.57 Å². The smallest absolute Gasteiger partial charge is 0.278 e. The highest BCUT2D eigenvalue weighted by Crippen LogP contribution is 2.32. The van der Waals surface area contributed by atoms with E-state index in [0.717, 1.165) is 16.7 Å². The van der Waals surface area contributed by atoms with E-state index >= 15 is 0 Å². The number of hydrogen-bond donors (Lipinski definition) is 1. The third-order valence-electron chi connectivity index (χ3n) is 4.25. The van der Waals surface area contributed by atoms with Crippen molar-refractivity contribution in [2.45, 2.75) is 20.8 Å². The van der Waals surface area contributed by atoms with Crippen molar-refractivity contribution in [3.8, 4) is 0 Å². The summed E-state index contributed by atoms with van der Waals surface area (Å²) in [7, 11) is 0. The Morgan fingerprint density at radius 1 is 1.00 bits per heavy atom. The number of carbonyl (C=O) groups is 2. The van der Waals surface area contributed by atoms with Gasteiger partial charge in [0.1, 0.15) is 11.5 Å². The van der Waals surface area contributed by atoms with Crippen LogP contribution in [0.3, 0.4) is 0 Å². The summed E-state index contributed by atoms with van der Waals surface area (Å²) in [5.74, 6) is -1.05. The molecule has 0 radical (unpaired) electrons. The number of benzene rings is 2. The number of nitrogens with one attached hydrogen (secondary N) is 1. The summed E-state index contributed by atoms with van der Waals surface area (Å²) in [5.41, 5.74) is 3.87. The van der Waals surface area contributed by atoms with Crippen LogP contribution in [0.1, 0.15) is 23.6 Å². The van der Waals surface area contributed by atoms with Crippen molar-refractivity contribution in [1.29, 1.82) is 0 Å². The van der Waals surface area contributed by atoms with E-state index in [1.807, 2.05) is 32.0 Å². The minimum absolute atomic E-state index is 0.227. The molecule has 0 aromatic heterocycles. The average Bonchev–Trinajstić information content (AvgIpc) is 2.80. The van der Waals surface area contributed by atoms with Crippen LogP contribution in [-0.2, 0) is 9.59 Å². The Morgan fingerprint density at radius 2 is 1.68 bits per heavy atom. The first-order valence-corrected chi connectivity index (χ1v) is 8.13. The van der Waals surface area contributed by atoms with Crippen molar-refractivity contribution >= 4 is 23.1 Å². The van der Waals surface area contributed by atoms with Crippen LogP contribution in [-0.4, -0.2) is 23.3 Å². The molecule has 0 saturated carbocycles. The molecule has 3 rings (SSSR count). The van der Waals surface area contributed by atoms with Gasteiger partial charge in [0.2, 0.25) is 0 Å². The molecule has 0 spiro atoms. The first-order valence-electron chi connectivity index (χ1n) is 8.13. The maximum Gasteiger partial charge on any atom is 0.278 e. The van der Waals surface area contributed by atoms with Gasteiger partial charge in [0.05, 0.1) is 5.57 Å². The molecular weight excluding hydrogens is 319 g/mol. The number of halogens is 1. The van der Waals surface area contributed by atoms with E-state index in [4.69, 9.17) is 0 Å². The van der Waals surface area contributed by atoms with Crippen molar-refractivity contribution in [1.82, 2.24) is 4.90 Å². The summed E-state index contributed by atoms with van der Waals surface area (Å²) in [5, 5.41) is 3.00. The highest BCUT2D eigenvalue weighted by atomic mass is 19.1. The van der Waals surface area contributed by atoms with Crippen LogP contribution in [0.4, 0.5) is 10.1 Å². The van der Waals surface area contributed by atoms with Gasteiger partial charge in [-0.25, -0.2) is 4.39 Å². The lowest BCUT2D eigenvalue weighted by molar-refractivity contribution is -0.136. The lowest BCUT2D eigenvalue weighted by atomic mass is 9.97. The van der Waals surface area contributed by atoms with Crippen molar-refractivity contribution in [2.24, 2.45) is 0 Å². The van der Waals surface area contributed by atoms with Gasteiger partial charge in [-0.2, -0.15) is 0 Å². The number of aryl methyl sites for hydroxylation is 2. The molecule has 2 aromatic carbocycles. The van der Waals surface area contributed by atoms with Crippen molar-refractivity contribution in [3.63, 3.8) is 0 Å². The molecule has 2 aromatic rings. The zero-order valence-electron chi connectivity index (χ0n) is 14.4. The Bertz CT molecular complexity index is 885. The van der Waals surface area contributed by atoms with Crippen molar-refractivity contribution in [3.05, 3.63) is 70.7 Å². The second kappa shape index (κ2) is 6.51. The molecule has 4 nitrogen and oxygen atoms in total. The topological polar surface area (TPSA) is 49.4 Å². The molecule has 1 heterocycles. The maximum absolute atomic E-state index is 13.1. The zero-order valence-corrected chi connectivity index (χ0v) is 14.4. The Balaban J connectivity index is 2.12. The van der Waals surface area contributed by atoms with Crippen LogP contribution in [0.5, 0.6) is 0 Å². The Kier molecular flexibility index (Phi) is 4.40. The first kappa shape index (κ1) is 16.9. The van der Waals surface area contributed by atoms with Gasteiger partial charge in [0.15, 0.2) is 0 Å². The number of amides is 2. The molecule has 0 fully saturated rings. The standard InChI is InChI=1S/C20H19FN2O2/c1-4-23-19(24)17(16-10-5-12(2)11-13(16)3)18(20(23)25)22-15-8-6-14(21)7-9-15/h5-11,22H,4H2,1-3H3. The van der Waals surface area contributed by atoms with Gasteiger partial charge in [0, 0.05) is 12.2 Å². The fourth-order valence-electron chi connectivity index (χ4n) is 3.00. The fourth-order valence-corrected chi connectivity index (χ4v) is 3.00. The van der Waals surface area contributed by atoms with Gasteiger partial charge < -0.3 is 5.32 Å². The lowest BCUT2D eigenvalue weighted by Gasteiger charge is -2.12. The zero-order chi connectivity index (χ0) is 18.1. The number of likely N-dealkylation sites (N-methyl/N-ethyl adjacent to an activating group) is 1. The number of hydrogen-bond acceptors (Lipinski definition) is 3. The summed E-state index contributed by atoms with van der Waals surface area (Å²) >= 11 is 0. The SMILES string of the molecule is CCN1C(=O)C(Nc2ccc(F)cc2)=C(c2ccc(C)cc2C)C1=O. The van der Waals surface area contributed by atoms with E-state index < -0.39 is 0 Å². The molecule has 1 N–H and O–H groups in total. The molecule has 0 atom stereocenters. The minimum atomic E-state index is -0.369. The van der Waals surface area contributed by atoms with Gasteiger partial charge >= 0.3 is 0 Å². The molecular formula is C20H19FN2O2. The summed E-state index contributed by atoms with van der Waals surface area (Å²) in [6.45, 7) is 5.94. The van der Waals surface area contributed by atoms with Gasteiger partial charge in [0.25, 0.3) is 11.8 Å². The number of rotatable bonds is 4. The molecule has 1 aliphatic rings. The Morgan fingerprint density at radius 3 is 2.28 bits per heavy atom. The predicted molar refractivity (Wildman–Crippen MR) is 95.3 cm³/mol. The first-order chi connectivity index (χ1) is 11.9. The van der Waals surface area contributed by atoms with Crippen LogP contribution in [0, 0.1) is 19.7 Å². The largest absolute Gasteiger partial charge is 0.350 e. The molecule has 0 bridgehead atoms. The van der Waals surface area contributed by atoms with Gasteiger partial charge in [-0.05, 0) is 56.2 Å². The predicted octanol–water partition coefficient (Wildman–Crippen LogP) is 3.65. The van der Waals surface area contributed by atoms with E-state index in [-0.39, 0.29) is 23.3 Å². The van der Waals surface area contributed by atoms with Crippen LogP contribution >= 0.6 is 0 Å². The summed E-state index contributed by atoms with van der Waals surface area (Å²) in [4.78, 5) is 26.7. The normalized spacial score (nSPS) is 14.5. The Labute approximate surface area is 146 Å². The molecule has 5 heteroatoms. The lowest BCUT2D eigenvalue weighted by Crippen LogP contribution is -2.32. The fraction of sp³-hybridized carbons (Fsp3) is 0.200. The summed E-state index contributed by atoms with van der Waals surface area (Å²) < 4.78 is 13.1. The quantitative estimate of drug-likeness (QED) is 0.866. The second-order valence-corrected chi connectivity index (χ2v) is 6.05. The molecule has 1 aliphatic heterocycles. The van der Waals surface area contributed by atoms with E-state index in [9.17, 15) is 14.0 Å². The summed E-state index contributed by atoms with van der Waals surface area (Å²) in [6, 6.07) is 11.4. The molecule has 25 heavy (non-hydrogen) atoms. The third-order valence-corrected chi connectivity index (χ3v) is 4.25. The number of imide groups is 1. The molecule has 0 aliphatic carbocycles.